The van der Waals surface area contributed by atoms with E-state index < -0.39 is 38.7 Å². The maximum Gasteiger partial charge on any atom is 0.243 e. The smallest absolute Gasteiger partial charge is 0.243 e. The van der Waals surface area contributed by atoms with Crippen LogP contribution in [0.3, 0.4) is 0 Å². The standard InChI is InChI=1S/C11H13F2NO4S/c12-7-1-2-8(13)11(5-7)19(16,17)14-9-3-4-18-6-10(9)15/h1-2,5,9-10,14-15H,3-4,6H2/t9-,10-/m1/s1. The zero-order valence-electron chi connectivity index (χ0n) is 9.84. The first kappa shape index (κ1) is 14.3. The number of hydrogen-bond donors (Lipinski definition) is 2. The number of hydrogen-bond acceptors (Lipinski definition) is 4. The molecule has 0 aromatic heterocycles. The first-order valence-corrected chi connectivity index (χ1v) is 7.11. The van der Waals surface area contributed by atoms with Crippen molar-refractivity contribution in [2.24, 2.45) is 0 Å². The van der Waals surface area contributed by atoms with Crippen molar-refractivity contribution < 1.29 is 27.0 Å². The molecule has 0 amide bonds. The van der Waals surface area contributed by atoms with Crippen molar-refractivity contribution in [2.75, 3.05) is 13.2 Å². The van der Waals surface area contributed by atoms with Gasteiger partial charge in [0.1, 0.15) is 16.5 Å². The SMILES string of the molecule is O=S(=O)(N[C@@H]1CCOC[C@H]1O)c1cc(F)ccc1F. The molecule has 1 saturated heterocycles. The minimum atomic E-state index is -4.23. The average Bonchev–Trinajstić information content (AvgIpc) is 2.35. The summed E-state index contributed by atoms with van der Waals surface area (Å²) in [5.41, 5.74) is 0. The van der Waals surface area contributed by atoms with Gasteiger partial charge in [-0.25, -0.2) is 21.9 Å². The monoisotopic (exact) mass is 293 g/mol. The lowest BCUT2D eigenvalue weighted by Crippen LogP contribution is -2.48. The molecule has 1 aliphatic heterocycles. The Balaban J connectivity index is 2.24. The van der Waals surface area contributed by atoms with Gasteiger partial charge in [-0.3, -0.25) is 0 Å². The third-order valence-corrected chi connectivity index (χ3v) is 4.32. The van der Waals surface area contributed by atoms with Crippen molar-refractivity contribution in [3.05, 3.63) is 29.8 Å². The number of benzene rings is 1. The zero-order chi connectivity index (χ0) is 14.0. The van der Waals surface area contributed by atoms with Crippen molar-refractivity contribution in [1.82, 2.24) is 4.72 Å². The van der Waals surface area contributed by atoms with Crippen LogP contribution in [-0.4, -0.2) is 38.9 Å². The maximum absolute atomic E-state index is 13.4. The number of halogens is 2. The maximum atomic E-state index is 13.4. The third kappa shape index (κ3) is 3.27. The van der Waals surface area contributed by atoms with Crippen LogP contribution in [0.4, 0.5) is 8.78 Å². The summed E-state index contributed by atoms with van der Waals surface area (Å²) in [6, 6.07) is 1.40. The molecule has 1 aromatic rings. The minimum absolute atomic E-state index is 0.00117. The Kier molecular flexibility index (Phi) is 4.14. The summed E-state index contributed by atoms with van der Waals surface area (Å²) in [6.45, 7) is 0.286. The van der Waals surface area contributed by atoms with E-state index >= 15 is 0 Å². The average molecular weight is 293 g/mol. The second kappa shape index (κ2) is 5.49. The molecule has 8 heteroatoms. The number of aliphatic hydroxyl groups is 1. The first-order valence-electron chi connectivity index (χ1n) is 5.63. The second-order valence-electron chi connectivity index (χ2n) is 4.23. The minimum Gasteiger partial charge on any atom is -0.389 e. The molecule has 0 bridgehead atoms. The van der Waals surface area contributed by atoms with Gasteiger partial charge in [-0.2, -0.15) is 0 Å². The highest BCUT2D eigenvalue weighted by Crippen LogP contribution is 2.18. The zero-order valence-corrected chi connectivity index (χ0v) is 10.7. The van der Waals surface area contributed by atoms with Crippen molar-refractivity contribution in [1.29, 1.82) is 0 Å². The molecule has 0 radical (unpaired) electrons. The molecule has 1 heterocycles. The molecule has 0 saturated carbocycles. The van der Waals surface area contributed by atoms with E-state index in [1.165, 1.54) is 0 Å². The second-order valence-corrected chi connectivity index (χ2v) is 5.92. The van der Waals surface area contributed by atoms with E-state index in [-0.39, 0.29) is 19.6 Å². The predicted octanol–water partition coefficient (Wildman–Crippen LogP) is 0.393. The number of aliphatic hydroxyl groups excluding tert-OH is 1. The van der Waals surface area contributed by atoms with Gasteiger partial charge in [0.05, 0.1) is 18.8 Å². The molecule has 0 spiro atoms. The summed E-state index contributed by atoms with van der Waals surface area (Å²) < 4.78 is 57.5. The van der Waals surface area contributed by atoms with Gasteiger partial charge >= 0.3 is 0 Å². The van der Waals surface area contributed by atoms with Gasteiger partial charge in [-0.15, -0.1) is 0 Å². The van der Waals surface area contributed by atoms with E-state index in [0.29, 0.717) is 6.07 Å². The quantitative estimate of drug-likeness (QED) is 0.845. The van der Waals surface area contributed by atoms with Gasteiger partial charge in [-0.05, 0) is 24.6 Å². The third-order valence-electron chi connectivity index (χ3n) is 2.82. The fraction of sp³-hybridized carbons (Fsp3) is 0.455. The highest BCUT2D eigenvalue weighted by atomic mass is 32.2. The molecular formula is C11H13F2NO4S. The lowest BCUT2D eigenvalue weighted by atomic mass is 10.1. The Hall–Kier alpha value is -1.09. The van der Waals surface area contributed by atoms with Crippen molar-refractivity contribution in [2.45, 2.75) is 23.5 Å². The normalized spacial score (nSPS) is 24.4. The van der Waals surface area contributed by atoms with Gasteiger partial charge < -0.3 is 9.84 Å². The molecule has 1 aromatic carbocycles. The fourth-order valence-corrected chi connectivity index (χ4v) is 3.20. The number of rotatable bonds is 3. The molecule has 1 aliphatic rings. The van der Waals surface area contributed by atoms with Gasteiger partial charge in [0, 0.05) is 6.61 Å². The Bertz CT molecular complexity index is 564. The molecule has 5 nitrogen and oxygen atoms in total. The predicted molar refractivity (Wildman–Crippen MR) is 61.9 cm³/mol. The molecule has 1 fully saturated rings. The van der Waals surface area contributed by atoms with Crippen LogP contribution in [0.5, 0.6) is 0 Å². The van der Waals surface area contributed by atoms with E-state index in [2.05, 4.69) is 4.72 Å². The number of sulfonamides is 1. The Morgan fingerprint density at radius 1 is 1.37 bits per heavy atom. The van der Waals surface area contributed by atoms with Gasteiger partial charge in [-0.1, -0.05) is 0 Å². The van der Waals surface area contributed by atoms with Crippen molar-refractivity contribution in [3.63, 3.8) is 0 Å². The fourth-order valence-electron chi connectivity index (χ4n) is 1.81. The Morgan fingerprint density at radius 3 is 2.79 bits per heavy atom. The van der Waals surface area contributed by atoms with E-state index in [4.69, 9.17) is 4.74 Å². The van der Waals surface area contributed by atoms with Crippen LogP contribution < -0.4 is 4.72 Å². The molecule has 2 atom stereocenters. The van der Waals surface area contributed by atoms with E-state index in [1.54, 1.807) is 0 Å². The molecule has 2 N–H and O–H groups in total. The number of ether oxygens (including phenoxy) is 1. The largest absolute Gasteiger partial charge is 0.389 e. The summed E-state index contributed by atoms with van der Waals surface area (Å²) in [5, 5.41) is 9.58. The van der Waals surface area contributed by atoms with Crippen molar-refractivity contribution >= 4 is 10.0 Å². The van der Waals surface area contributed by atoms with Crippen LogP contribution in [-0.2, 0) is 14.8 Å². The number of nitrogens with one attached hydrogen (secondary N) is 1. The van der Waals surface area contributed by atoms with E-state index in [0.717, 1.165) is 12.1 Å². The van der Waals surface area contributed by atoms with Gasteiger partial charge in [0.2, 0.25) is 10.0 Å². The summed E-state index contributed by atoms with van der Waals surface area (Å²) in [6.07, 6.45) is -0.753. The molecule has 19 heavy (non-hydrogen) atoms. The van der Waals surface area contributed by atoms with E-state index in [1.807, 2.05) is 0 Å². The summed E-state index contributed by atoms with van der Waals surface area (Å²) in [4.78, 5) is -0.772. The lowest BCUT2D eigenvalue weighted by molar-refractivity contribution is -0.0222. The molecule has 0 aliphatic carbocycles. The molecule has 106 valence electrons. The topological polar surface area (TPSA) is 75.6 Å². The van der Waals surface area contributed by atoms with Crippen LogP contribution in [0.1, 0.15) is 6.42 Å². The molecule has 0 unspecified atom stereocenters. The van der Waals surface area contributed by atoms with Crippen LogP contribution >= 0.6 is 0 Å². The van der Waals surface area contributed by atoms with Gasteiger partial charge in [0.15, 0.2) is 0 Å². The van der Waals surface area contributed by atoms with Gasteiger partial charge in [0.25, 0.3) is 0 Å². The Labute approximate surface area is 109 Å². The van der Waals surface area contributed by atoms with Crippen LogP contribution in [0.2, 0.25) is 0 Å². The lowest BCUT2D eigenvalue weighted by Gasteiger charge is -2.28. The Morgan fingerprint density at radius 2 is 2.11 bits per heavy atom. The van der Waals surface area contributed by atoms with Crippen molar-refractivity contribution in [3.8, 4) is 0 Å². The summed E-state index contributed by atoms with van der Waals surface area (Å²) in [5.74, 6) is -1.90. The molecular weight excluding hydrogens is 280 g/mol. The highest BCUT2D eigenvalue weighted by molar-refractivity contribution is 7.89. The summed E-state index contributed by atoms with van der Waals surface area (Å²) in [7, 11) is -4.23. The summed E-state index contributed by atoms with van der Waals surface area (Å²) >= 11 is 0. The van der Waals surface area contributed by atoms with Crippen LogP contribution in [0.25, 0.3) is 0 Å². The van der Waals surface area contributed by atoms with Crippen LogP contribution in [0, 0.1) is 11.6 Å². The van der Waals surface area contributed by atoms with Crippen LogP contribution in [0.15, 0.2) is 23.1 Å². The molecule has 2 rings (SSSR count). The highest BCUT2D eigenvalue weighted by Gasteiger charge is 2.30. The van der Waals surface area contributed by atoms with E-state index in [9.17, 15) is 22.3 Å². The first-order chi connectivity index (χ1) is 8.90.